The molecule has 1 aromatic heterocycles. The number of benzene rings is 1. The van der Waals surface area contributed by atoms with E-state index in [2.05, 4.69) is 22.2 Å². The van der Waals surface area contributed by atoms with Crippen LogP contribution >= 0.6 is 23.2 Å². The lowest BCUT2D eigenvalue weighted by Gasteiger charge is -2.12. The van der Waals surface area contributed by atoms with Crippen LogP contribution in [0.15, 0.2) is 24.3 Å². The normalized spacial score (nSPS) is 10.5. The van der Waals surface area contributed by atoms with Crippen LogP contribution in [-0.2, 0) is 13.0 Å². The Morgan fingerprint density at radius 3 is 2.76 bits per heavy atom. The van der Waals surface area contributed by atoms with E-state index in [1.54, 1.807) is 13.2 Å². The molecule has 1 heterocycles. The second-order valence-corrected chi connectivity index (χ2v) is 5.31. The first-order valence-electron chi connectivity index (χ1n) is 6.72. The van der Waals surface area contributed by atoms with Crippen LogP contribution in [0.25, 0.3) is 0 Å². The van der Waals surface area contributed by atoms with Crippen LogP contribution in [0.3, 0.4) is 0 Å². The molecular weight excluding hydrogens is 309 g/mol. The number of aryl methyl sites for hydroxylation is 1. The van der Waals surface area contributed by atoms with Gasteiger partial charge >= 0.3 is 0 Å². The quantitative estimate of drug-likeness (QED) is 0.802. The summed E-state index contributed by atoms with van der Waals surface area (Å²) in [5.74, 6) is 2.16. The van der Waals surface area contributed by atoms with E-state index in [1.165, 1.54) is 0 Å². The highest BCUT2D eigenvalue weighted by atomic mass is 35.5. The Hall–Kier alpha value is -1.52. The van der Waals surface area contributed by atoms with Crippen molar-refractivity contribution in [3.05, 3.63) is 45.8 Å². The maximum Gasteiger partial charge on any atom is 0.134 e. The molecule has 2 aromatic rings. The van der Waals surface area contributed by atoms with Crippen molar-refractivity contribution in [1.29, 1.82) is 0 Å². The Kier molecular flexibility index (Phi) is 5.65. The number of hydrogen-bond donors (Lipinski definition) is 1. The van der Waals surface area contributed by atoms with E-state index >= 15 is 0 Å². The number of methoxy groups -OCH3 is 1. The fraction of sp³-hybridized carbons (Fsp3) is 0.333. The summed E-state index contributed by atoms with van der Waals surface area (Å²) < 4.78 is 5.32. The zero-order valence-electron chi connectivity index (χ0n) is 12.0. The smallest absolute Gasteiger partial charge is 0.134 e. The van der Waals surface area contributed by atoms with Crippen molar-refractivity contribution in [3.63, 3.8) is 0 Å². The number of hydrogen-bond acceptors (Lipinski definition) is 4. The molecule has 0 fully saturated rings. The summed E-state index contributed by atoms with van der Waals surface area (Å²) in [6.45, 7) is 2.58. The van der Waals surface area contributed by atoms with Gasteiger partial charge in [0.25, 0.3) is 0 Å². The number of halogens is 2. The molecule has 0 radical (unpaired) electrons. The van der Waals surface area contributed by atoms with Crippen molar-refractivity contribution in [2.45, 2.75) is 26.3 Å². The maximum absolute atomic E-state index is 6.21. The van der Waals surface area contributed by atoms with Gasteiger partial charge in [0, 0.05) is 29.6 Å². The minimum absolute atomic E-state index is 0.432. The van der Waals surface area contributed by atoms with E-state index in [9.17, 15) is 0 Å². The van der Waals surface area contributed by atoms with Gasteiger partial charge in [-0.25, -0.2) is 9.97 Å². The molecule has 4 nitrogen and oxygen atoms in total. The van der Waals surface area contributed by atoms with Crippen LogP contribution in [0, 0.1) is 0 Å². The third-order valence-electron chi connectivity index (χ3n) is 2.96. The Labute approximate surface area is 134 Å². The second-order valence-electron chi connectivity index (χ2n) is 4.52. The maximum atomic E-state index is 6.21. The number of nitrogens with zero attached hydrogens (tertiary/aromatic N) is 2. The molecule has 0 saturated carbocycles. The average Bonchev–Trinajstić information content (AvgIpc) is 2.45. The van der Waals surface area contributed by atoms with Crippen LogP contribution in [0.2, 0.25) is 10.2 Å². The molecule has 112 valence electrons. The van der Waals surface area contributed by atoms with Crippen LogP contribution in [0.1, 0.15) is 24.7 Å². The van der Waals surface area contributed by atoms with Crippen molar-refractivity contribution in [2.75, 3.05) is 12.4 Å². The third kappa shape index (κ3) is 4.22. The van der Waals surface area contributed by atoms with E-state index in [4.69, 9.17) is 27.9 Å². The summed E-state index contributed by atoms with van der Waals surface area (Å²) in [4.78, 5) is 8.63. The summed E-state index contributed by atoms with van der Waals surface area (Å²) in [5, 5.41) is 4.30. The molecule has 0 aliphatic rings. The molecular formula is C15H17Cl2N3O. The highest BCUT2D eigenvalue weighted by Gasteiger charge is 2.09. The van der Waals surface area contributed by atoms with Gasteiger partial charge in [-0.05, 0) is 18.6 Å². The molecule has 1 aromatic carbocycles. The first-order valence-corrected chi connectivity index (χ1v) is 7.48. The van der Waals surface area contributed by atoms with Gasteiger partial charge < -0.3 is 10.1 Å². The van der Waals surface area contributed by atoms with Crippen LogP contribution in [0.4, 0.5) is 5.82 Å². The molecule has 0 unspecified atom stereocenters. The lowest BCUT2D eigenvalue weighted by atomic mass is 10.2. The lowest BCUT2D eigenvalue weighted by molar-refractivity contribution is 0.410. The average molecular weight is 326 g/mol. The van der Waals surface area contributed by atoms with Gasteiger partial charge in [-0.15, -0.1) is 0 Å². The van der Waals surface area contributed by atoms with Crippen molar-refractivity contribution >= 4 is 29.0 Å². The predicted octanol–water partition coefficient (Wildman–Crippen LogP) is 4.36. The van der Waals surface area contributed by atoms with Crippen molar-refractivity contribution < 1.29 is 4.74 Å². The molecule has 0 atom stereocenters. The molecule has 2 rings (SSSR count). The molecule has 0 amide bonds. The number of aromatic nitrogens is 2. The minimum atomic E-state index is 0.432. The zero-order valence-corrected chi connectivity index (χ0v) is 13.5. The fourth-order valence-corrected chi connectivity index (χ4v) is 2.40. The van der Waals surface area contributed by atoms with Gasteiger partial charge in [-0.2, -0.15) is 0 Å². The van der Waals surface area contributed by atoms with E-state index in [1.807, 2.05) is 18.2 Å². The van der Waals surface area contributed by atoms with Crippen LogP contribution < -0.4 is 10.1 Å². The van der Waals surface area contributed by atoms with E-state index < -0.39 is 0 Å². The van der Waals surface area contributed by atoms with E-state index in [0.29, 0.717) is 22.5 Å². The number of anilines is 1. The van der Waals surface area contributed by atoms with Gasteiger partial charge in [-0.1, -0.05) is 36.2 Å². The zero-order chi connectivity index (χ0) is 15.2. The first kappa shape index (κ1) is 15.9. The standard InChI is InChI=1S/C15H17Cl2N3O/c1-3-5-14-19-13(17)8-15(20-14)18-9-10-11(16)6-4-7-12(10)21-2/h4,6-8H,3,5,9H2,1-2H3,(H,18,19,20). The lowest BCUT2D eigenvalue weighted by Crippen LogP contribution is -2.06. The highest BCUT2D eigenvalue weighted by molar-refractivity contribution is 6.31. The fourth-order valence-electron chi connectivity index (χ4n) is 1.97. The summed E-state index contributed by atoms with van der Waals surface area (Å²) in [6, 6.07) is 7.25. The van der Waals surface area contributed by atoms with E-state index in [0.717, 1.165) is 30.0 Å². The molecule has 0 aliphatic carbocycles. The van der Waals surface area contributed by atoms with Crippen molar-refractivity contribution in [3.8, 4) is 5.75 Å². The van der Waals surface area contributed by atoms with Gasteiger partial charge in [0.1, 0.15) is 22.5 Å². The van der Waals surface area contributed by atoms with Gasteiger partial charge in [-0.3, -0.25) is 0 Å². The van der Waals surface area contributed by atoms with E-state index in [-0.39, 0.29) is 0 Å². The molecule has 1 N–H and O–H groups in total. The summed E-state index contributed by atoms with van der Waals surface area (Å²) >= 11 is 12.2. The summed E-state index contributed by atoms with van der Waals surface area (Å²) in [7, 11) is 1.62. The number of nitrogens with one attached hydrogen (secondary N) is 1. The Bertz CT molecular complexity index is 620. The Morgan fingerprint density at radius 1 is 1.24 bits per heavy atom. The molecule has 0 aliphatic heterocycles. The Morgan fingerprint density at radius 2 is 2.05 bits per heavy atom. The Balaban J connectivity index is 2.16. The summed E-state index contributed by atoms with van der Waals surface area (Å²) in [5.41, 5.74) is 0.883. The van der Waals surface area contributed by atoms with Crippen LogP contribution in [0.5, 0.6) is 5.75 Å². The highest BCUT2D eigenvalue weighted by Crippen LogP contribution is 2.27. The first-order chi connectivity index (χ1) is 10.1. The SMILES string of the molecule is CCCc1nc(Cl)cc(NCc2c(Cl)cccc2OC)n1. The van der Waals surface area contributed by atoms with Crippen molar-refractivity contribution in [2.24, 2.45) is 0 Å². The predicted molar refractivity (Wildman–Crippen MR) is 86.4 cm³/mol. The number of rotatable bonds is 6. The van der Waals surface area contributed by atoms with Crippen molar-refractivity contribution in [1.82, 2.24) is 9.97 Å². The van der Waals surface area contributed by atoms with Crippen LogP contribution in [-0.4, -0.2) is 17.1 Å². The minimum Gasteiger partial charge on any atom is -0.496 e. The number of ether oxygens (including phenoxy) is 1. The molecule has 0 spiro atoms. The van der Waals surface area contributed by atoms with Gasteiger partial charge in [0.05, 0.1) is 7.11 Å². The largest absolute Gasteiger partial charge is 0.496 e. The second kappa shape index (κ2) is 7.48. The molecule has 0 bridgehead atoms. The molecule has 21 heavy (non-hydrogen) atoms. The topological polar surface area (TPSA) is 47.0 Å². The monoisotopic (exact) mass is 325 g/mol. The van der Waals surface area contributed by atoms with Gasteiger partial charge in [0.15, 0.2) is 0 Å². The summed E-state index contributed by atoms with van der Waals surface area (Å²) in [6.07, 6.45) is 1.77. The van der Waals surface area contributed by atoms with Gasteiger partial charge in [0.2, 0.25) is 0 Å². The third-order valence-corrected chi connectivity index (χ3v) is 3.50. The molecule has 6 heteroatoms. The molecule has 0 saturated heterocycles.